The van der Waals surface area contributed by atoms with E-state index in [0.29, 0.717) is 25.5 Å². The third-order valence-electron chi connectivity index (χ3n) is 5.19. The number of ether oxygens (including phenoxy) is 1. The second kappa shape index (κ2) is 12.5. The maximum Gasteiger partial charge on any atom is 0.269 e. The molecule has 0 aromatic heterocycles. The van der Waals surface area contributed by atoms with Crippen molar-refractivity contribution < 1.29 is 18.1 Å². The van der Waals surface area contributed by atoms with Gasteiger partial charge in [-0.15, -0.1) is 24.0 Å². The van der Waals surface area contributed by atoms with Gasteiger partial charge in [-0.3, -0.25) is 15.0 Å². The number of benzene rings is 1. The van der Waals surface area contributed by atoms with E-state index in [-0.39, 0.29) is 47.2 Å². The highest BCUT2D eigenvalue weighted by Gasteiger charge is 2.28. The maximum absolute atomic E-state index is 11.8. The first-order valence-electron chi connectivity index (χ1n) is 10.2. The van der Waals surface area contributed by atoms with Crippen LogP contribution in [-0.2, 0) is 21.1 Å². The number of nitrogens with zero attached hydrogens (tertiary/aromatic N) is 3. The van der Waals surface area contributed by atoms with Crippen molar-refractivity contribution in [2.75, 3.05) is 50.9 Å². The molecular weight excluding hydrogens is 537 g/mol. The Hall–Kier alpha value is -1.51. The standard InChI is InChI=1S/C19H29N5O5S.HI/c25-24(26)18-4-2-16(3-5-18)14-21-19(22-17-6-13-30(27,28)15-17)20-7-1-8-23-9-11-29-12-10-23;/h2-5,17H,1,6-15H2,(H2,20,21,22);1H. The summed E-state index contributed by atoms with van der Waals surface area (Å²) >= 11 is 0. The molecule has 0 spiro atoms. The lowest BCUT2D eigenvalue weighted by Gasteiger charge is -2.26. The molecule has 2 N–H and O–H groups in total. The molecule has 2 fully saturated rings. The van der Waals surface area contributed by atoms with Gasteiger partial charge in [-0.2, -0.15) is 0 Å². The lowest BCUT2D eigenvalue weighted by molar-refractivity contribution is -0.384. The van der Waals surface area contributed by atoms with E-state index in [9.17, 15) is 18.5 Å². The van der Waals surface area contributed by atoms with Gasteiger partial charge in [0.25, 0.3) is 5.69 Å². The van der Waals surface area contributed by atoms with Crippen molar-refractivity contribution in [3.8, 4) is 0 Å². The highest BCUT2D eigenvalue weighted by atomic mass is 127. The number of hydrogen-bond acceptors (Lipinski definition) is 7. The first-order valence-corrected chi connectivity index (χ1v) is 12.0. The molecule has 174 valence electrons. The van der Waals surface area contributed by atoms with Gasteiger partial charge < -0.3 is 15.4 Å². The molecule has 2 aliphatic rings. The summed E-state index contributed by atoms with van der Waals surface area (Å²) in [5, 5.41) is 17.3. The van der Waals surface area contributed by atoms with Crippen molar-refractivity contribution in [3.05, 3.63) is 39.9 Å². The van der Waals surface area contributed by atoms with E-state index < -0.39 is 14.8 Å². The molecule has 0 saturated carbocycles. The summed E-state index contributed by atoms with van der Waals surface area (Å²) in [7, 11) is -2.99. The van der Waals surface area contributed by atoms with Crippen LogP contribution in [0.2, 0.25) is 0 Å². The normalized spacial score (nSPS) is 21.3. The minimum atomic E-state index is -2.99. The van der Waals surface area contributed by atoms with Crippen molar-refractivity contribution in [2.24, 2.45) is 4.99 Å². The van der Waals surface area contributed by atoms with Crippen molar-refractivity contribution in [3.63, 3.8) is 0 Å². The summed E-state index contributed by atoms with van der Waals surface area (Å²) in [6.07, 6.45) is 1.50. The summed E-state index contributed by atoms with van der Waals surface area (Å²) < 4.78 is 28.9. The van der Waals surface area contributed by atoms with Crippen LogP contribution in [0.4, 0.5) is 5.69 Å². The highest BCUT2D eigenvalue weighted by molar-refractivity contribution is 14.0. The zero-order valence-electron chi connectivity index (χ0n) is 17.4. The van der Waals surface area contributed by atoms with E-state index in [1.54, 1.807) is 12.1 Å². The third-order valence-corrected chi connectivity index (χ3v) is 6.96. The Morgan fingerprint density at radius 1 is 1.26 bits per heavy atom. The van der Waals surface area contributed by atoms with E-state index >= 15 is 0 Å². The fourth-order valence-electron chi connectivity index (χ4n) is 3.48. The number of sulfone groups is 1. The number of hydrogen-bond donors (Lipinski definition) is 2. The van der Waals surface area contributed by atoms with Crippen LogP contribution >= 0.6 is 24.0 Å². The first-order chi connectivity index (χ1) is 14.4. The Morgan fingerprint density at radius 3 is 2.58 bits per heavy atom. The van der Waals surface area contributed by atoms with Crippen LogP contribution in [-0.4, -0.2) is 81.1 Å². The molecule has 1 aromatic rings. The Kier molecular flexibility index (Phi) is 10.4. The summed E-state index contributed by atoms with van der Waals surface area (Å²) in [6, 6.07) is 6.11. The number of halogens is 1. The Balaban J connectivity index is 0.00000341. The number of aliphatic imine (C=N–C) groups is 1. The molecule has 31 heavy (non-hydrogen) atoms. The van der Waals surface area contributed by atoms with Gasteiger partial charge in [0.05, 0.1) is 36.2 Å². The number of nitro groups is 1. The minimum absolute atomic E-state index is 0. The monoisotopic (exact) mass is 567 g/mol. The Labute approximate surface area is 199 Å². The van der Waals surface area contributed by atoms with Crippen molar-refractivity contribution >= 4 is 45.5 Å². The molecule has 0 radical (unpaired) electrons. The van der Waals surface area contributed by atoms with Gasteiger partial charge in [0.15, 0.2) is 15.8 Å². The van der Waals surface area contributed by atoms with Crippen molar-refractivity contribution in [1.29, 1.82) is 0 Å². The SMILES string of the molecule is I.O=[N+]([O-])c1ccc(CN=C(NCCCN2CCOCC2)NC2CCS(=O)(=O)C2)cc1. The molecule has 2 aliphatic heterocycles. The zero-order chi connectivity index (χ0) is 21.4. The Bertz CT molecular complexity index is 844. The minimum Gasteiger partial charge on any atom is -0.379 e. The lowest BCUT2D eigenvalue weighted by atomic mass is 10.2. The van der Waals surface area contributed by atoms with Gasteiger partial charge in [-0.1, -0.05) is 12.1 Å². The van der Waals surface area contributed by atoms with Crippen LogP contribution in [0.25, 0.3) is 0 Å². The molecule has 3 rings (SSSR count). The summed E-state index contributed by atoms with van der Waals surface area (Å²) in [6.45, 7) is 5.45. The molecule has 2 heterocycles. The fourth-order valence-corrected chi connectivity index (χ4v) is 5.16. The number of rotatable bonds is 8. The molecule has 1 unspecified atom stereocenters. The lowest BCUT2D eigenvalue weighted by Crippen LogP contribution is -2.45. The number of nitrogens with one attached hydrogen (secondary N) is 2. The Morgan fingerprint density at radius 2 is 1.97 bits per heavy atom. The smallest absolute Gasteiger partial charge is 0.269 e. The number of non-ortho nitro benzene ring substituents is 1. The fraction of sp³-hybridized carbons (Fsp3) is 0.632. The van der Waals surface area contributed by atoms with Gasteiger partial charge in [-0.25, -0.2) is 13.4 Å². The zero-order valence-corrected chi connectivity index (χ0v) is 20.5. The van der Waals surface area contributed by atoms with Crippen LogP contribution in [0.15, 0.2) is 29.3 Å². The molecule has 0 bridgehead atoms. The molecule has 1 atom stereocenters. The number of nitro benzene ring substituents is 1. The van der Waals surface area contributed by atoms with Gasteiger partial charge in [0.2, 0.25) is 0 Å². The summed E-state index contributed by atoms with van der Waals surface area (Å²) in [5.41, 5.74) is 0.882. The van der Waals surface area contributed by atoms with Gasteiger partial charge >= 0.3 is 0 Å². The van der Waals surface area contributed by atoms with E-state index in [2.05, 4.69) is 20.5 Å². The quantitative estimate of drug-likeness (QED) is 0.120. The van der Waals surface area contributed by atoms with Crippen LogP contribution in [0.1, 0.15) is 18.4 Å². The van der Waals surface area contributed by atoms with E-state index in [1.165, 1.54) is 12.1 Å². The van der Waals surface area contributed by atoms with Crippen LogP contribution < -0.4 is 10.6 Å². The average molecular weight is 567 g/mol. The van der Waals surface area contributed by atoms with E-state index in [1.807, 2.05) is 0 Å². The molecule has 1 aromatic carbocycles. The largest absolute Gasteiger partial charge is 0.379 e. The van der Waals surface area contributed by atoms with Gasteiger partial charge in [0.1, 0.15) is 0 Å². The third kappa shape index (κ3) is 8.86. The second-order valence-electron chi connectivity index (χ2n) is 7.57. The molecule has 12 heteroatoms. The number of guanidine groups is 1. The molecule has 0 aliphatic carbocycles. The maximum atomic E-state index is 11.8. The highest BCUT2D eigenvalue weighted by Crippen LogP contribution is 2.13. The molecular formula is C19H30IN5O5S. The number of morpholine rings is 1. The van der Waals surface area contributed by atoms with Gasteiger partial charge in [-0.05, 0) is 24.9 Å². The predicted octanol–water partition coefficient (Wildman–Crippen LogP) is 1.16. The topological polar surface area (TPSA) is 126 Å². The van der Waals surface area contributed by atoms with Crippen LogP contribution in [0.3, 0.4) is 0 Å². The second-order valence-corrected chi connectivity index (χ2v) is 9.80. The molecule has 0 amide bonds. The molecule has 10 nitrogen and oxygen atoms in total. The van der Waals surface area contributed by atoms with Crippen molar-refractivity contribution in [2.45, 2.75) is 25.4 Å². The summed E-state index contributed by atoms with van der Waals surface area (Å²) in [5.74, 6) is 0.869. The van der Waals surface area contributed by atoms with Crippen LogP contribution in [0.5, 0.6) is 0 Å². The average Bonchev–Trinajstić information content (AvgIpc) is 3.08. The molecule has 2 saturated heterocycles. The van der Waals surface area contributed by atoms with Crippen LogP contribution in [0, 0.1) is 10.1 Å². The predicted molar refractivity (Wildman–Crippen MR) is 130 cm³/mol. The first kappa shape index (κ1) is 25.7. The summed E-state index contributed by atoms with van der Waals surface area (Å²) in [4.78, 5) is 17.3. The van der Waals surface area contributed by atoms with E-state index in [0.717, 1.165) is 44.8 Å². The van der Waals surface area contributed by atoms with Crippen molar-refractivity contribution in [1.82, 2.24) is 15.5 Å². The van der Waals surface area contributed by atoms with E-state index in [4.69, 9.17) is 4.74 Å². The van der Waals surface area contributed by atoms with Gasteiger partial charge in [0, 0.05) is 37.8 Å².